The van der Waals surface area contributed by atoms with E-state index in [9.17, 15) is 14.4 Å². The number of carbonyl (C=O) groups is 3. The van der Waals surface area contributed by atoms with Crippen molar-refractivity contribution in [3.8, 4) is 0 Å². The first-order valence-corrected chi connectivity index (χ1v) is 8.74. The van der Waals surface area contributed by atoms with Crippen LogP contribution in [-0.2, 0) is 11.3 Å². The molecule has 1 heterocycles. The minimum atomic E-state index is -0.574. The molecule has 0 saturated carbocycles. The topological polar surface area (TPSA) is 63.7 Å². The Balaban J connectivity index is 1.79. The highest BCUT2D eigenvalue weighted by atomic mass is 35.5. The molecule has 0 radical (unpaired) electrons. The molecule has 1 aliphatic heterocycles. The van der Waals surface area contributed by atoms with Gasteiger partial charge in [0.05, 0.1) is 16.7 Å². The second-order valence-corrected chi connectivity index (χ2v) is 6.57. The summed E-state index contributed by atoms with van der Waals surface area (Å²) in [4.78, 5) is 38.5. The van der Waals surface area contributed by atoms with Gasteiger partial charge in [0.15, 0.2) is 0 Å². The lowest BCUT2D eigenvalue weighted by molar-refractivity contribution is 0.0472. The number of carbonyl (C=O) groups excluding carboxylic acids is 3. The molecule has 0 aliphatic carbocycles. The molecule has 2 aromatic rings. The van der Waals surface area contributed by atoms with Gasteiger partial charge in [-0.05, 0) is 37.6 Å². The van der Waals surface area contributed by atoms with Gasteiger partial charge in [0.1, 0.15) is 6.61 Å². The maximum absolute atomic E-state index is 12.5. The van der Waals surface area contributed by atoms with Crippen LogP contribution in [0.5, 0.6) is 0 Å². The zero-order valence-electron chi connectivity index (χ0n) is 14.5. The summed E-state index contributed by atoms with van der Waals surface area (Å²) in [5, 5.41) is 0.513. The molecular formula is C20H18ClNO4. The van der Waals surface area contributed by atoms with Gasteiger partial charge in [-0.15, -0.1) is 0 Å². The molecular weight excluding hydrogens is 354 g/mol. The van der Waals surface area contributed by atoms with Crippen LogP contribution in [0.15, 0.2) is 42.5 Å². The number of esters is 1. The highest BCUT2D eigenvalue weighted by Crippen LogP contribution is 2.27. The fourth-order valence-corrected chi connectivity index (χ4v) is 3.00. The average molecular weight is 372 g/mol. The van der Waals surface area contributed by atoms with Crippen LogP contribution >= 0.6 is 11.6 Å². The van der Waals surface area contributed by atoms with E-state index in [1.54, 1.807) is 24.3 Å². The maximum atomic E-state index is 12.5. The number of halogens is 1. The SMILES string of the molecule is CC[C@@H](C)N1C(=O)c2ccc(C(=O)OCc3ccccc3Cl)cc2C1=O. The minimum absolute atomic E-state index is 0.0292. The highest BCUT2D eigenvalue weighted by Gasteiger charge is 2.38. The number of hydrogen-bond acceptors (Lipinski definition) is 4. The molecule has 0 aromatic heterocycles. The van der Waals surface area contributed by atoms with Crippen molar-refractivity contribution in [2.45, 2.75) is 32.9 Å². The van der Waals surface area contributed by atoms with Crippen LogP contribution in [0.4, 0.5) is 0 Å². The van der Waals surface area contributed by atoms with E-state index in [0.29, 0.717) is 22.6 Å². The van der Waals surface area contributed by atoms with Gasteiger partial charge in [0, 0.05) is 16.6 Å². The van der Waals surface area contributed by atoms with Crippen molar-refractivity contribution in [3.05, 3.63) is 69.7 Å². The van der Waals surface area contributed by atoms with Crippen molar-refractivity contribution in [1.29, 1.82) is 0 Å². The number of imide groups is 1. The number of amides is 2. The third-order valence-electron chi connectivity index (χ3n) is 4.50. The molecule has 6 heteroatoms. The third-order valence-corrected chi connectivity index (χ3v) is 4.87. The number of hydrogen-bond donors (Lipinski definition) is 0. The zero-order valence-corrected chi connectivity index (χ0v) is 15.2. The monoisotopic (exact) mass is 371 g/mol. The van der Waals surface area contributed by atoms with Crippen molar-refractivity contribution < 1.29 is 19.1 Å². The highest BCUT2D eigenvalue weighted by molar-refractivity contribution is 6.31. The summed E-state index contributed by atoms with van der Waals surface area (Å²) in [7, 11) is 0. The summed E-state index contributed by atoms with van der Waals surface area (Å²) in [6, 6.07) is 11.3. The van der Waals surface area contributed by atoms with E-state index in [1.165, 1.54) is 23.1 Å². The van der Waals surface area contributed by atoms with Gasteiger partial charge in [-0.1, -0.05) is 36.7 Å². The Kier molecular flexibility index (Phi) is 5.09. The first-order chi connectivity index (χ1) is 12.4. The van der Waals surface area contributed by atoms with Crippen molar-refractivity contribution in [2.24, 2.45) is 0 Å². The Bertz CT molecular complexity index is 893. The second kappa shape index (κ2) is 7.30. The van der Waals surface area contributed by atoms with Crippen LogP contribution in [0.1, 0.15) is 56.9 Å². The third kappa shape index (κ3) is 3.22. The van der Waals surface area contributed by atoms with E-state index < -0.39 is 5.97 Å². The Morgan fingerprint density at radius 1 is 1.12 bits per heavy atom. The first kappa shape index (κ1) is 18.1. The Hall–Kier alpha value is -2.66. The van der Waals surface area contributed by atoms with Gasteiger partial charge >= 0.3 is 5.97 Å². The van der Waals surface area contributed by atoms with Crippen molar-refractivity contribution in [1.82, 2.24) is 4.90 Å². The average Bonchev–Trinajstić information content (AvgIpc) is 2.90. The van der Waals surface area contributed by atoms with E-state index in [4.69, 9.17) is 16.3 Å². The Morgan fingerprint density at radius 2 is 1.81 bits per heavy atom. The molecule has 1 atom stereocenters. The lowest BCUT2D eigenvalue weighted by atomic mass is 10.1. The standard InChI is InChI=1S/C20H18ClNO4/c1-3-12(2)22-18(23)15-9-8-13(10-16(15)19(22)24)20(25)26-11-14-6-4-5-7-17(14)21/h4-10,12H,3,11H2,1-2H3/t12-/m1/s1. The molecule has 26 heavy (non-hydrogen) atoms. The fraction of sp³-hybridized carbons (Fsp3) is 0.250. The number of benzene rings is 2. The van der Waals surface area contributed by atoms with Crippen LogP contribution in [-0.4, -0.2) is 28.7 Å². The van der Waals surface area contributed by atoms with E-state index >= 15 is 0 Å². The maximum Gasteiger partial charge on any atom is 0.338 e. The number of fused-ring (bicyclic) bond motifs is 1. The molecule has 1 aliphatic rings. The molecule has 0 saturated heterocycles. The van der Waals surface area contributed by atoms with Gasteiger partial charge in [0.2, 0.25) is 0 Å². The molecule has 0 unspecified atom stereocenters. The van der Waals surface area contributed by atoms with Crippen molar-refractivity contribution >= 4 is 29.4 Å². The quantitative estimate of drug-likeness (QED) is 0.586. The predicted molar refractivity (Wildman–Crippen MR) is 97.3 cm³/mol. The normalized spacial score (nSPS) is 14.3. The van der Waals surface area contributed by atoms with Crippen LogP contribution in [0.3, 0.4) is 0 Å². The van der Waals surface area contributed by atoms with Gasteiger partial charge < -0.3 is 4.74 Å². The summed E-state index contributed by atoms with van der Waals surface area (Å²) in [5.74, 6) is -1.27. The number of ether oxygens (including phenoxy) is 1. The van der Waals surface area contributed by atoms with Crippen LogP contribution in [0.2, 0.25) is 5.02 Å². The van der Waals surface area contributed by atoms with Crippen LogP contribution < -0.4 is 0 Å². The second-order valence-electron chi connectivity index (χ2n) is 6.17. The first-order valence-electron chi connectivity index (χ1n) is 8.36. The summed E-state index contributed by atoms with van der Waals surface area (Å²) >= 11 is 6.05. The minimum Gasteiger partial charge on any atom is -0.457 e. The molecule has 2 amide bonds. The van der Waals surface area contributed by atoms with Crippen LogP contribution in [0, 0.1) is 0 Å². The lowest BCUT2D eigenvalue weighted by Gasteiger charge is -2.20. The molecule has 5 nitrogen and oxygen atoms in total. The number of rotatable bonds is 5. The van der Waals surface area contributed by atoms with E-state index in [1.807, 2.05) is 13.8 Å². The summed E-state index contributed by atoms with van der Waals surface area (Å²) < 4.78 is 5.28. The van der Waals surface area contributed by atoms with Crippen molar-refractivity contribution in [2.75, 3.05) is 0 Å². The predicted octanol–water partition coefficient (Wildman–Crippen LogP) is 4.09. The van der Waals surface area contributed by atoms with Crippen molar-refractivity contribution in [3.63, 3.8) is 0 Å². The van der Waals surface area contributed by atoms with Gasteiger partial charge in [-0.3, -0.25) is 14.5 Å². The van der Waals surface area contributed by atoms with Crippen LogP contribution in [0.25, 0.3) is 0 Å². The largest absolute Gasteiger partial charge is 0.457 e. The molecule has 3 rings (SSSR count). The molecule has 0 N–H and O–H groups in total. The summed E-state index contributed by atoms with van der Waals surface area (Å²) in [6.45, 7) is 3.76. The zero-order chi connectivity index (χ0) is 18.8. The Labute approximate surface area is 156 Å². The molecule has 134 valence electrons. The van der Waals surface area contributed by atoms with Gasteiger partial charge in [-0.2, -0.15) is 0 Å². The van der Waals surface area contributed by atoms with E-state index in [0.717, 1.165) is 0 Å². The van der Waals surface area contributed by atoms with Gasteiger partial charge in [0.25, 0.3) is 11.8 Å². The Morgan fingerprint density at radius 3 is 2.50 bits per heavy atom. The van der Waals surface area contributed by atoms with Gasteiger partial charge in [-0.25, -0.2) is 4.79 Å². The molecule has 2 aromatic carbocycles. The van der Waals surface area contributed by atoms with E-state index in [-0.39, 0.29) is 35.6 Å². The fourth-order valence-electron chi connectivity index (χ4n) is 2.81. The molecule has 0 spiro atoms. The summed E-state index contributed by atoms with van der Waals surface area (Å²) in [6.07, 6.45) is 0.665. The summed E-state index contributed by atoms with van der Waals surface area (Å²) in [5.41, 5.74) is 1.47. The molecule has 0 bridgehead atoms. The smallest absolute Gasteiger partial charge is 0.338 e. The lowest BCUT2D eigenvalue weighted by Crippen LogP contribution is -2.37. The number of nitrogens with zero attached hydrogens (tertiary/aromatic N) is 1. The van der Waals surface area contributed by atoms with E-state index in [2.05, 4.69) is 0 Å². The molecule has 0 fully saturated rings.